The summed E-state index contributed by atoms with van der Waals surface area (Å²) in [7, 11) is 0. The zero-order chi connectivity index (χ0) is 16.9. The van der Waals surface area contributed by atoms with Crippen LogP contribution in [0.1, 0.15) is 41.8 Å². The Morgan fingerprint density at radius 3 is 2.74 bits per heavy atom. The number of hydrogen-bond donors (Lipinski definition) is 1. The molecule has 6 heteroatoms. The molecule has 0 radical (unpaired) electrons. The van der Waals surface area contributed by atoms with E-state index in [9.17, 15) is 9.59 Å². The van der Waals surface area contributed by atoms with Crippen molar-refractivity contribution in [3.8, 4) is 5.75 Å². The van der Waals surface area contributed by atoms with Crippen molar-refractivity contribution >= 4 is 23.5 Å². The molecule has 23 heavy (non-hydrogen) atoms. The van der Waals surface area contributed by atoms with E-state index in [-0.39, 0.29) is 17.9 Å². The Morgan fingerprint density at radius 1 is 1.35 bits per heavy atom. The first-order chi connectivity index (χ1) is 10.9. The Hall–Kier alpha value is -2.21. The lowest BCUT2D eigenvalue weighted by atomic mass is 9.93. The first-order valence-corrected chi connectivity index (χ1v) is 8.16. The van der Waals surface area contributed by atoms with Crippen molar-refractivity contribution in [2.24, 2.45) is 0 Å². The van der Waals surface area contributed by atoms with Gasteiger partial charge in [-0.2, -0.15) is 0 Å². The van der Waals surface area contributed by atoms with Gasteiger partial charge in [0.05, 0.1) is 17.8 Å². The summed E-state index contributed by atoms with van der Waals surface area (Å²) < 4.78 is 5.38. The van der Waals surface area contributed by atoms with Crippen LogP contribution >= 0.6 is 11.3 Å². The van der Waals surface area contributed by atoms with E-state index in [0.29, 0.717) is 24.1 Å². The number of nitrogens with one attached hydrogen (secondary N) is 1. The molecule has 1 amide bonds. The van der Waals surface area contributed by atoms with Crippen LogP contribution in [0.4, 0.5) is 0 Å². The van der Waals surface area contributed by atoms with Crippen LogP contribution in [0.5, 0.6) is 5.75 Å². The minimum atomic E-state index is -0.252. The van der Waals surface area contributed by atoms with E-state index in [4.69, 9.17) is 4.74 Å². The second kappa shape index (κ2) is 7.37. The highest BCUT2D eigenvalue weighted by Crippen LogP contribution is 2.23. The molecule has 1 aromatic carbocycles. The van der Waals surface area contributed by atoms with Gasteiger partial charge in [-0.3, -0.25) is 9.59 Å². The highest BCUT2D eigenvalue weighted by Gasteiger charge is 2.17. The molecule has 0 atom stereocenters. The molecule has 1 N–H and O–H groups in total. The lowest BCUT2D eigenvalue weighted by Gasteiger charge is -2.14. The molecule has 0 aliphatic carbocycles. The average Bonchev–Trinajstić information content (AvgIpc) is 3.00. The highest BCUT2D eigenvalue weighted by molar-refractivity contribution is 7.09. The van der Waals surface area contributed by atoms with Crippen LogP contribution in [0.15, 0.2) is 29.6 Å². The first kappa shape index (κ1) is 17.1. The van der Waals surface area contributed by atoms with Gasteiger partial charge in [-0.05, 0) is 12.1 Å². The van der Waals surface area contributed by atoms with E-state index in [1.807, 2.05) is 5.38 Å². The van der Waals surface area contributed by atoms with Crippen molar-refractivity contribution < 1.29 is 14.3 Å². The second-order valence-electron chi connectivity index (χ2n) is 6.10. The smallest absolute Gasteiger partial charge is 0.258 e. The van der Waals surface area contributed by atoms with Crippen molar-refractivity contribution in [2.45, 2.75) is 32.7 Å². The number of benzene rings is 1. The van der Waals surface area contributed by atoms with Gasteiger partial charge in [0.2, 0.25) is 0 Å². The number of para-hydroxylation sites is 1. The number of ether oxygens (including phenoxy) is 1. The maximum atomic E-state index is 11.8. The number of rotatable bonds is 6. The fraction of sp³-hybridized carbons (Fsp3) is 0.353. The lowest BCUT2D eigenvalue weighted by molar-refractivity contribution is -0.123. The SMILES string of the molecule is CC(C)(C)c1csc(CNC(=O)COc2ccccc2C=O)n1. The molecule has 0 aliphatic rings. The summed E-state index contributed by atoms with van der Waals surface area (Å²) in [6, 6.07) is 6.80. The van der Waals surface area contributed by atoms with Gasteiger partial charge in [0.25, 0.3) is 5.91 Å². The van der Waals surface area contributed by atoms with E-state index in [1.165, 1.54) is 11.3 Å². The molecular weight excluding hydrogens is 312 g/mol. The Balaban J connectivity index is 1.83. The van der Waals surface area contributed by atoms with Crippen molar-refractivity contribution in [1.82, 2.24) is 10.3 Å². The third-order valence-corrected chi connectivity index (χ3v) is 4.01. The van der Waals surface area contributed by atoms with E-state index in [0.717, 1.165) is 10.7 Å². The zero-order valence-corrected chi connectivity index (χ0v) is 14.3. The van der Waals surface area contributed by atoms with Gasteiger partial charge in [0, 0.05) is 10.8 Å². The van der Waals surface area contributed by atoms with Crippen LogP contribution in [0.2, 0.25) is 0 Å². The maximum absolute atomic E-state index is 11.8. The van der Waals surface area contributed by atoms with Gasteiger partial charge in [-0.15, -0.1) is 11.3 Å². The normalized spacial score (nSPS) is 11.1. The molecule has 0 fully saturated rings. The number of aldehydes is 1. The molecule has 0 bridgehead atoms. The first-order valence-electron chi connectivity index (χ1n) is 7.29. The standard InChI is InChI=1S/C17H20N2O3S/c1-17(2,3)14-11-23-16(19-14)8-18-15(21)10-22-13-7-5-4-6-12(13)9-20/h4-7,9,11H,8,10H2,1-3H3,(H,18,21). The molecule has 1 aromatic heterocycles. The van der Waals surface area contributed by atoms with Crippen LogP contribution in [0, 0.1) is 0 Å². The summed E-state index contributed by atoms with van der Waals surface area (Å²) in [5.41, 5.74) is 1.44. The number of thiazole rings is 1. The molecule has 2 aromatic rings. The van der Waals surface area contributed by atoms with E-state index in [1.54, 1.807) is 24.3 Å². The van der Waals surface area contributed by atoms with Gasteiger partial charge in [0.1, 0.15) is 10.8 Å². The minimum Gasteiger partial charge on any atom is -0.483 e. The second-order valence-corrected chi connectivity index (χ2v) is 7.04. The number of amides is 1. The Labute approximate surface area is 139 Å². The maximum Gasteiger partial charge on any atom is 0.258 e. The molecule has 2 rings (SSSR count). The van der Waals surface area contributed by atoms with Crippen LogP contribution < -0.4 is 10.1 Å². The van der Waals surface area contributed by atoms with Crippen molar-refractivity contribution in [3.63, 3.8) is 0 Å². The van der Waals surface area contributed by atoms with Crippen LogP contribution in [0.25, 0.3) is 0 Å². The number of carbonyl (C=O) groups is 2. The van der Waals surface area contributed by atoms with Crippen LogP contribution in [0.3, 0.4) is 0 Å². The van der Waals surface area contributed by atoms with Crippen molar-refractivity contribution in [2.75, 3.05) is 6.61 Å². The molecule has 0 aliphatic heterocycles. The molecule has 0 saturated carbocycles. The average molecular weight is 332 g/mol. The molecule has 0 saturated heterocycles. The summed E-state index contributed by atoms with van der Waals surface area (Å²) in [4.78, 5) is 27.2. The fourth-order valence-corrected chi connectivity index (χ4v) is 2.77. The number of carbonyl (C=O) groups excluding carboxylic acids is 2. The Kier molecular flexibility index (Phi) is 5.50. The predicted octanol–water partition coefficient (Wildman–Crippen LogP) is 2.95. The fourth-order valence-electron chi connectivity index (χ4n) is 1.81. The van der Waals surface area contributed by atoms with Gasteiger partial charge < -0.3 is 10.1 Å². The van der Waals surface area contributed by atoms with E-state index < -0.39 is 0 Å². The zero-order valence-electron chi connectivity index (χ0n) is 13.5. The number of nitrogens with zero attached hydrogens (tertiary/aromatic N) is 1. The van der Waals surface area contributed by atoms with Crippen molar-refractivity contribution in [3.05, 3.63) is 45.9 Å². The Bertz CT molecular complexity index is 689. The predicted molar refractivity (Wildman–Crippen MR) is 90.0 cm³/mol. The summed E-state index contributed by atoms with van der Waals surface area (Å²) >= 11 is 1.53. The Morgan fingerprint density at radius 2 is 2.09 bits per heavy atom. The highest BCUT2D eigenvalue weighted by atomic mass is 32.1. The summed E-state index contributed by atoms with van der Waals surface area (Å²) in [5, 5.41) is 5.64. The van der Waals surface area contributed by atoms with Crippen LogP contribution in [-0.4, -0.2) is 23.8 Å². The van der Waals surface area contributed by atoms with Gasteiger partial charge in [0.15, 0.2) is 12.9 Å². The molecular formula is C17H20N2O3S. The third kappa shape index (κ3) is 4.89. The topological polar surface area (TPSA) is 68.3 Å². The lowest BCUT2D eigenvalue weighted by Crippen LogP contribution is -2.28. The molecule has 5 nitrogen and oxygen atoms in total. The molecule has 0 unspecified atom stereocenters. The molecule has 0 spiro atoms. The third-order valence-electron chi connectivity index (χ3n) is 3.16. The quantitative estimate of drug-likeness (QED) is 0.826. The minimum absolute atomic E-state index is 0.000407. The van der Waals surface area contributed by atoms with Gasteiger partial charge >= 0.3 is 0 Å². The summed E-state index contributed by atoms with van der Waals surface area (Å²) in [6.45, 7) is 6.54. The number of hydrogen-bond acceptors (Lipinski definition) is 5. The van der Waals surface area contributed by atoms with Crippen molar-refractivity contribution in [1.29, 1.82) is 0 Å². The van der Waals surface area contributed by atoms with E-state index >= 15 is 0 Å². The summed E-state index contributed by atoms with van der Waals surface area (Å²) in [6.07, 6.45) is 0.705. The van der Waals surface area contributed by atoms with E-state index in [2.05, 4.69) is 31.1 Å². The van der Waals surface area contributed by atoms with Gasteiger partial charge in [-0.1, -0.05) is 32.9 Å². The molecule has 122 valence electrons. The van der Waals surface area contributed by atoms with Gasteiger partial charge in [-0.25, -0.2) is 4.98 Å². The largest absolute Gasteiger partial charge is 0.483 e. The van der Waals surface area contributed by atoms with Crippen LogP contribution in [-0.2, 0) is 16.8 Å². The summed E-state index contributed by atoms with van der Waals surface area (Å²) in [5.74, 6) is 0.153. The molecule has 1 heterocycles. The monoisotopic (exact) mass is 332 g/mol. The number of aromatic nitrogens is 1.